The molecular formula is C14H20N4O6S3. The monoisotopic (exact) mass is 436 g/mol. The second-order valence-electron chi connectivity index (χ2n) is 5.67. The van der Waals surface area contributed by atoms with Crippen LogP contribution in [0, 0.1) is 5.92 Å². The normalized spacial score (nSPS) is 20.5. The van der Waals surface area contributed by atoms with E-state index in [1.807, 2.05) is 6.92 Å². The Morgan fingerprint density at radius 1 is 1.56 bits per heavy atom. The molecule has 0 radical (unpaired) electrons. The predicted molar refractivity (Wildman–Crippen MR) is 103 cm³/mol. The second-order valence-corrected chi connectivity index (χ2v) is 9.17. The molecule has 0 aliphatic carbocycles. The van der Waals surface area contributed by atoms with Gasteiger partial charge in [0.15, 0.2) is 16.6 Å². The summed E-state index contributed by atoms with van der Waals surface area (Å²) in [4.78, 5) is 33.8. The van der Waals surface area contributed by atoms with E-state index in [0.717, 1.165) is 23.5 Å². The number of carbonyl (C=O) groups excluding carboxylic acids is 2. The summed E-state index contributed by atoms with van der Waals surface area (Å²) >= 11 is 2.49. The van der Waals surface area contributed by atoms with Crippen molar-refractivity contribution >= 4 is 55.9 Å². The standard InChI is InChI=1S/C14H20N4O6S3/c1-3-4-25-7-9-8(13(20)18(9)27(21,22)23)5-10(19)12(17-24-2)11-6-16-14(15)26-11/h6,8-9H,3-5,7H2,1-2H3,(H2,15,16)(H,21,22,23)/b17-12+/t8-,9-/m0/s1. The molecule has 1 fully saturated rings. The van der Waals surface area contributed by atoms with Crippen molar-refractivity contribution in [2.24, 2.45) is 11.1 Å². The van der Waals surface area contributed by atoms with Gasteiger partial charge in [0.1, 0.15) is 7.11 Å². The first kappa shape index (κ1) is 21.6. The Balaban J connectivity index is 2.18. The summed E-state index contributed by atoms with van der Waals surface area (Å²) < 4.78 is 32.6. The van der Waals surface area contributed by atoms with E-state index in [2.05, 4.69) is 10.1 Å². The van der Waals surface area contributed by atoms with Crippen molar-refractivity contribution in [1.29, 1.82) is 0 Å². The number of nitrogen functional groups attached to an aromatic ring is 1. The van der Waals surface area contributed by atoms with Crippen molar-refractivity contribution in [3.8, 4) is 0 Å². The van der Waals surface area contributed by atoms with Crippen LogP contribution < -0.4 is 5.73 Å². The zero-order valence-corrected chi connectivity index (χ0v) is 17.1. The molecule has 1 aromatic rings. The van der Waals surface area contributed by atoms with Crippen LogP contribution in [0.3, 0.4) is 0 Å². The number of carbonyl (C=O) groups is 2. The van der Waals surface area contributed by atoms with E-state index >= 15 is 0 Å². The lowest BCUT2D eigenvalue weighted by atomic mass is 9.86. The van der Waals surface area contributed by atoms with E-state index in [9.17, 15) is 22.6 Å². The van der Waals surface area contributed by atoms with Crippen LogP contribution in [0.1, 0.15) is 24.6 Å². The molecule has 2 heterocycles. The highest BCUT2D eigenvalue weighted by atomic mass is 32.2. The van der Waals surface area contributed by atoms with E-state index in [0.29, 0.717) is 14.9 Å². The van der Waals surface area contributed by atoms with Crippen LogP contribution in [-0.2, 0) is 24.7 Å². The molecule has 0 unspecified atom stereocenters. The Morgan fingerprint density at radius 3 is 2.78 bits per heavy atom. The van der Waals surface area contributed by atoms with Crippen molar-refractivity contribution in [2.45, 2.75) is 25.8 Å². The summed E-state index contributed by atoms with van der Waals surface area (Å²) in [5.74, 6) is -1.12. The van der Waals surface area contributed by atoms with Gasteiger partial charge >= 0.3 is 10.3 Å². The minimum Gasteiger partial charge on any atom is -0.399 e. The summed E-state index contributed by atoms with van der Waals surface area (Å²) in [7, 11) is -3.40. The van der Waals surface area contributed by atoms with Gasteiger partial charge in [-0.3, -0.25) is 14.1 Å². The number of β-lactam (4-membered cyclic amide) rings is 1. The van der Waals surface area contributed by atoms with Crippen LogP contribution >= 0.6 is 23.1 Å². The number of Topliss-reactive ketones (excluding diaryl/α,β-unsaturated/α-hetero) is 1. The van der Waals surface area contributed by atoms with E-state index in [1.54, 1.807) is 0 Å². The molecule has 2 rings (SSSR count). The molecule has 2 atom stereocenters. The molecule has 0 saturated carbocycles. The third-order valence-electron chi connectivity index (χ3n) is 3.79. The minimum absolute atomic E-state index is 0.0373. The van der Waals surface area contributed by atoms with Crippen molar-refractivity contribution in [1.82, 2.24) is 9.29 Å². The fourth-order valence-electron chi connectivity index (χ4n) is 2.63. The van der Waals surface area contributed by atoms with Crippen molar-refractivity contribution < 1.29 is 27.4 Å². The van der Waals surface area contributed by atoms with Crippen LogP contribution in [0.2, 0.25) is 0 Å². The highest BCUT2D eigenvalue weighted by Crippen LogP contribution is 2.35. The number of amides is 1. The average Bonchev–Trinajstić information content (AvgIpc) is 3.01. The van der Waals surface area contributed by atoms with Gasteiger partial charge in [-0.15, -0.1) is 0 Å². The summed E-state index contributed by atoms with van der Waals surface area (Å²) in [5, 5.41) is 3.94. The fourth-order valence-corrected chi connectivity index (χ4v) is 5.41. The van der Waals surface area contributed by atoms with E-state index < -0.39 is 34.0 Å². The molecule has 1 saturated heterocycles. The number of hydrogen-bond acceptors (Lipinski definition) is 10. The topological polar surface area (TPSA) is 152 Å². The van der Waals surface area contributed by atoms with Crippen molar-refractivity contribution in [2.75, 3.05) is 24.3 Å². The zero-order chi connectivity index (χ0) is 20.2. The van der Waals surface area contributed by atoms with E-state index in [1.165, 1.54) is 25.1 Å². The van der Waals surface area contributed by atoms with Crippen molar-refractivity contribution in [3.63, 3.8) is 0 Å². The lowest BCUT2D eigenvalue weighted by Gasteiger charge is -2.43. The number of oxime groups is 1. The Bertz CT molecular complexity index is 838. The quantitative estimate of drug-likeness (QED) is 0.178. The van der Waals surface area contributed by atoms with Gasteiger partial charge in [0.05, 0.1) is 16.8 Å². The van der Waals surface area contributed by atoms with E-state index in [-0.39, 0.29) is 17.3 Å². The van der Waals surface area contributed by atoms with Gasteiger partial charge in [-0.1, -0.05) is 23.4 Å². The maximum absolute atomic E-state index is 12.7. The molecule has 3 N–H and O–H groups in total. The number of ketones is 1. The molecule has 1 aliphatic heterocycles. The summed E-state index contributed by atoms with van der Waals surface area (Å²) in [5.41, 5.74) is 5.53. The Labute approximate surface area is 165 Å². The van der Waals surface area contributed by atoms with Crippen molar-refractivity contribution in [3.05, 3.63) is 11.1 Å². The smallest absolute Gasteiger partial charge is 0.362 e. The molecule has 13 heteroatoms. The molecule has 1 aromatic heterocycles. The summed E-state index contributed by atoms with van der Waals surface area (Å²) in [6.07, 6.45) is 1.98. The number of rotatable bonds is 10. The molecule has 1 aliphatic rings. The van der Waals surface area contributed by atoms with Gasteiger partial charge in [0, 0.05) is 18.4 Å². The minimum atomic E-state index is -4.67. The lowest BCUT2D eigenvalue weighted by molar-refractivity contribution is -0.147. The van der Waals surface area contributed by atoms with Crippen LogP contribution in [0.25, 0.3) is 0 Å². The first-order valence-electron chi connectivity index (χ1n) is 7.95. The molecule has 0 aromatic carbocycles. The maximum Gasteiger partial charge on any atom is 0.362 e. The number of thioether (sulfide) groups is 1. The highest BCUT2D eigenvalue weighted by molar-refractivity contribution is 7.99. The third-order valence-corrected chi connectivity index (χ3v) is 6.85. The number of aromatic nitrogens is 1. The summed E-state index contributed by atoms with van der Waals surface area (Å²) in [6.45, 7) is 1.97. The molecule has 0 bridgehead atoms. The first-order valence-corrected chi connectivity index (χ1v) is 11.3. The molecular weight excluding hydrogens is 416 g/mol. The van der Waals surface area contributed by atoms with E-state index in [4.69, 9.17) is 10.6 Å². The van der Waals surface area contributed by atoms with Crippen LogP contribution in [0.15, 0.2) is 11.4 Å². The average molecular weight is 437 g/mol. The van der Waals surface area contributed by atoms with Gasteiger partial charge < -0.3 is 10.6 Å². The second kappa shape index (κ2) is 8.99. The van der Waals surface area contributed by atoms with Gasteiger partial charge in [0.25, 0.3) is 0 Å². The SMILES string of the molecule is CCCSC[C@H]1[C@H](CC(=O)/C(=N\OC)c2cnc(N)s2)C(=O)N1S(=O)(=O)O. The number of thiazole rings is 1. The largest absolute Gasteiger partial charge is 0.399 e. The fraction of sp³-hybridized carbons (Fsp3) is 0.571. The van der Waals surface area contributed by atoms with Gasteiger partial charge in [-0.25, -0.2) is 9.29 Å². The predicted octanol–water partition coefficient (Wildman–Crippen LogP) is 0.808. The number of nitrogens with zero attached hydrogens (tertiary/aromatic N) is 3. The zero-order valence-electron chi connectivity index (χ0n) is 14.7. The molecule has 150 valence electrons. The first-order chi connectivity index (χ1) is 12.7. The number of nitrogens with two attached hydrogens (primary N) is 1. The van der Waals surface area contributed by atoms with Gasteiger partial charge in [-0.05, 0) is 12.2 Å². The van der Waals surface area contributed by atoms with Gasteiger partial charge in [-0.2, -0.15) is 20.2 Å². The van der Waals surface area contributed by atoms with Gasteiger partial charge in [0.2, 0.25) is 5.91 Å². The molecule has 27 heavy (non-hydrogen) atoms. The number of hydrogen-bond donors (Lipinski definition) is 2. The lowest BCUT2D eigenvalue weighted by Crippen LogP contribution is -2.64. The molecule has 10 nitrogen and oxygen atoms in total. The Kier molecular flexibility index (Phi) is 7.19. The third kappa shape index (κ3) is 4.97. The summed E-state index contributed by atoms with van der Waals surface area (Å²) in [6, 6.07) is -0.789. The van der Waals surface area contributed by atoms with Crippen LogP contribution in [0.4, 0.5) is 5.13 Å². The Morgan fingerprint density at radius 2 is 2.26 bits per heavy atom. The van der Waals surface area contributed by atoms with Crippen LogP contribution in [-0.4, -0.2) is 64.3 Å². The van der Waals surface area contributed by atoms with Crippen LogP contribution in [0.5, 0.6) is 0 Å². The number of anilines is 1. The molecule has 0 spiro atoms. The molecule has 1 amide bonds. The maximum atomic E-state index is 12.7. The Hall–Kier alpha value is -1.70. The highest BCUT2D eigenvalue weighted by Gasteiger charge is 2.53.